The van der Waals surface area contributed by atoms with E-state index in [9.17, 15) is 5.11 Å². The molecule has 1 atom stereocenters. The lowest BCUT2D eigenvalue weighted by molar-refractivity contribution is 0.444. The first-order valence-electron chi connectivity index (χ1n) is 10.0. The predicted molar refractivity (Wildman–Crippen MR) is 116 cm³/mol. The highest BCUT2D eigenvalue weighted by atomic mass is 31.1. The van der Waals surface area contributed by atoms with Crippen LogP contribution >= 0.6 is 8.58 Å². The zero-order chi connectivity index (χ0) is 18.6. The van der Waals surface area contributed by atoms with Gasteiger partial charge in [-0.25, -0.2) is 0 Å². The van der Waals surface area contributed by atoms with Crippen LogP contribution in [0.25, 0.3) is 0 Å². The molecule has 0 aliphatic carbocycles. The molecule has 1 saturated heterocycles. The van der Waals surface area contributed by atoms with Crippen LogP contribution in [0.1, 0.15) is 57.1 Å². The van der Waals surface area contributed by atoms with Crippen LogP contribution in [0.2, 0.25) is 0 Å². The lowest BCUT2D eigenvalue weighted by Crippen LogP contribution is -2.33. The van der Waals surface area contributed by atoms with Crippen molar-refractivity contribution in [2.45, 2.75) is 58.0 Å². The van der Waals surface area contributed by atoms with Crippen molar-refractivity contribution in [3.8, 4) is 5.75 Å². The quantitative estimate of drug-likeness (QED) is 0.659. The van der Waals surface area contributed by atoms with Gasteiger partial charge in [0.2, 0.25) is 0 Å². The van der Waals surface area contributed by atoms with Gasteiger partial charge in [0.25, 0.3) is 0 Å². The molecule has 2 aromatic rings. The van der Waals surface area contributed by atoms with Crippen LogP contribution in [0.15, 0.2) is 42.5 Å². The topological polar surface area (TPSA) is 23.5 Å². The lowest BCUT2D eigenvalue weighted by atomic mass is 9.90. The Hall–Kier alpha value is -1.53. The highest BCUT2D eigenvalue weighted by molar-refractivity contribution is 7.49. The molecule has 26 heavy (non-hydrogen) atoms. The van der Waals surface area contributed by atoms with E-state index in [1.807, 2.05) is 13.0 Å². The molecule has 0 saturated carbocycles. The molecule has 0 bridgehead atoms. The summed E-state index contributed by atoms with van der Waals surface area (Å²) in [4.78, 5) is 2.57. The third-order valence-electron chi connectivity index (χ3n) is 5.94. The standard InChI is InChI=1S/C23H32NOP/c1-4-23(5-2,19-13-11-12-18(3)22(19)25)26-21-15-8-7-14-20(21)24-16-9-6-10-17-24/h7-8,11-15,25-26H,4-6,9-10,16-17H2,1-3H3. The maximum absolute atomic E-state index is 10.8. The second-order valence-electron chi connectivity index (χ2n) is 7.45. The molecule has 2 aromatic carbocycles. The van der Waals surface area contributed by atoms with E-state index >= 15 is 0 Å². The normalized spacial score (nSPS) is 15.7. The van der Waals surface area contributed by atoms with Gasteiger partial charge < -0.3 is 10.0 Å². The van der Waals surface area contributed by atoms with Crippen molar-refractivity contribution in [3.63, 3.8) is 0 Å². The first kappa shape index (κ1) is 19.2. The van der Waals surface area contributed by atoms with Crippen molar-refractivity contribution in [2.24, 2.45) is 0 Å². The average Bonchev–Trinajstić information content (AvgIpc) is 2.69. The second kappa shape index (κ2) is 8.44. The third-order valence-corrected chi connectivity index (χ3v) is 8.08. The number of hydrogen-bond donors (Lipinski definition) is 1. The van der Waals surface area contributed by atoms with Gasteiger partial charge in [-0.3, -0.25) is 0 Å². The molecule has 0 spiro atoms. The van der Waals surface area contributed by atoms with E-state index in [0.29, 0.717) is 14.3 Å². The molecular formula is C23H32NOP. The highest BCUT2D eigenvalue weighted by Crippen LogP contribution is 2.51. The van der Waals surface area contributed by atoms with Crippen molar-refractivity contribution in [1.29, 1.82) is 0 Å². The number of aromatic hydroxyl groups is 1. The SMILES string of the molecule is CCC(CC)(Pc1ccccc1N1CCCCC1)c1cccc(C)c1O. The summed E-state index contributed by atoms with van der Waals surface area (Å²) >= 11 is 0. The fourth-order valence-electron chi connectivity index (χ4n) is 4.17. The van der Waals surface area contributed by atoms with Crippen molar-refractivity contribution >= 4 is 19.6 Å². The van der Waals surface area contributed by atoms with Gasteiger partial charge in [-0.05, 0) is 56.0 Å². The molecule has 0 aromatic heterocycles. The maximum atomic E-state index is 10.8. The van der Waals surface area contributed by atoms with E-state index in [4.69, 9.17) is 0 Å². The number of phenolic OH excluding ortho intramolecular Hbond substituents is 1. The Kier molecular flexibility index (Phi) is 6.24. The van der Waals surface area contributed by atoms with E-state index in [1.54, 1.807) is 0 Å². The Labute approximate surface area is 160 Å². The Morgan fingerprint density at radius 1 is 0.962 bits per heavy atom. The van der Waals surface area contributed by atoms with Crippen molar-refractivity contribution < 1.29 is 5.11 Å². The minimum Gasteiger partial charge on any atom is -0.507 e. The van der Waals surface area contributed by atoms with Crippen molar-refractivity contribution in [1.82, 2.24) is 0 Å². The highest BCUT2D eigenvalue weighted by Gasteiger charge is 2.33. The molecule has 1 N–H and O–H groups in total. The van der Waals surface area contributed by atoms with Crippen LogP contribution in [-0.4, -0.2) is 18.2 Å². The van der Waals surface area contributed by atoms with E-state index < -0.39 is 0 Å². The second-order valence-corrected chi connectivity index (χ2v) is 9.20. The first-order chi connectivity index (χ1) is 12.6. The van der Waals surface area contributed by atoms with Gasteiger partial charge in [0.05, 0.1) is 0 Å². The zero-order valence-electron chi connectivity index (χ0n) is 16.4. The molecule has 0 radical (unpaired) electrons. The van der Waals surface area contributed by atoms with Gasteiger partial charge in [0.15, 0.2) is 0 Å². The van der Waals surface area contributed by atoms with Crippen LogP contribution in [0, 0.1) is 6.92 Å². The molecule has 140 valence electrons. The van der Waals surface area contributed by atoms with Crippen LogP contribution in [0.5, 0.6) is 5.75 Å². The molecule has 1 aliphatic heterocycles. The summed E-state index contributed by atoms with van der Waals surface area (Å²) in [5, 5.41) is 12.2. The van der Waals surface area contributed by atoms with E-state index in [1.165, 1.54) is 43.3 Å². The van der Waals surface area contributed by atoms with Gasteiger partial charge in [-0.15, -0.1) is 0 Å². The first-order valence-corrected chi connectivity index (χ1v) is 11.0. The number of benzene rings is 2. The minimum absolute atomic E-state index is 0.00198. The number of rotatable bonds is 6. The summed E-state index contributed by atoms with van der Waals surface area (Å²) in [7, 11) is 0.658. The number of phenols is 1. The van der Waals surface area contributed by atoms with Gasteiger partial charge >= 0.3 is 0 Å². The van der Waals surface area contributed by atoms with Crippen LogP contribution in [-0.2, 0) is 5.16 Å². The van der Waals surface area contributed by atoms with Crippen LogP contribution in [0.3, 0.4) is 0 Å². The summed E-state index contributed by atoms with van der Waals surface area (Å²) < 4.78 is 0. The molecule has 2 nitrogen and oxygen atoms in total. The Morgan fingerprint density at radius 2 is 1.65 bits per heavy atom. The average molecular weight is 369 g/mol. The molecule has 3 heteroatoms. The molecule has 0 amide bonds. The zero-order valence-corrected chi connectivity index (χ0v) is 17.4. The number of hydrogen-bond acceptors (Lipinski definition) is 2. The summed E-state index contributed by atoms with van der Waals surface area (Å²) in [6.45, 7) is 8.87. The number of aryl methyl sites for hydroxylation is 1. The van der Waals surface area contributed by atoms with E-state index in [2.05, 4.69) is 55.1 Å². The lowest BCUT2D eigenvalue weighted by Gasteiger charge is -2.36. The van der Waals surface area contributed by atoms with Gasteiger partial charge in [0, 0.05) is 29.5 Å². The molecule has 1 unspecified atom stereocenters. The number of nitrogens with zero attached hydrogens (tertiary/aromatic N) is 1. The van der Waals surface area contributed by atoms with E-state index in [-0.39, 0.29) is 5.16 Å². The van der Waals surface area contributed by atoms with Crippen LogP contribution in [0.4, 0.5) is 5.69 Å². The summed E-state index contributed by atoms with van der Waals surface area (Å²) in [5.41, 5.74) is 3.50. The van der Waals surface area contributed by atoms with Crippen LogP contribution < -0.4 is 10.2 Å². The molecule has 1 heterocycles. The summed E-state index contributed by atoms with van der Waals surface area (Å²) in [6.07, 6.45) is 6.01. The van der Waals surface area contributed by atoms with E-state index in [0.717, 1.165) is 24.0 Å². The Morgan fingerprint density at radius 3 is 2.35 bits per heavy atom. The Bertz CT molecular complexity index is 733. The van der Waals surface area contributed by atoms with Gasteiger partial charge in [-0.2, -0.15) is 0 Å². The maximum Gasteiger partial charge on any atom is 0.122 e. The molecule has 1 aliphatic rings. The third kappa shape index (κ3) is 3.76. The number of piperidine rings is 1. The Balaban J connectivity index is 2.00. The summed E-state index contributed by atoms with van der Waals surface area (Å²) in [5.74, 6) is 0.485. The molecule has 1 fully saturated rings. The van der Waals surface area contributed by atoms with Gasteiger partial charge in [0.1, 0.15) is 5.75 Å². The fraction of sp³-hybridized carbons (Fsp3) is 0.478. The van der Waals surface area contributed by atoms with Crippen molar-refractivity contribution in [3.05, 3.63) is 53.6 Å². The minimum atomic E-state index is 0.00198. The predicted octanol–water partition coefficient (Wildman–Crippen LogP) is 5.71. The fourth-order valence-corrected chi connectivity index (χ4v) is 5.92. The largest absolute Gasteiger partial charge is 0.507 e. The van der Waals surface area contributed by atoms with Crippen molar-refractivity contribution in [2.75, 3.05) is 18.0 Å². The molecule has 3 rings (SSSR count). The smallest absolute Gasteiger partial charge is 0.122 e. The number of para-hydroxylation sites is 2. The molecular weight excluding hydrogens is 337 g/mol. The van der Waals surface area contributed by atoms with Gasteiger partial charge in [-0.1, -0.05) is 58.8 Å². The monoisotopic (exact) mass is 369 g/mol. The number of anilines is 1. The summed E-state index contributed by atoms with van der Waals surface area (Å²) in [6, 6.07) is 15.1.